The summed E-state index contributed by atoms with van der Waals surface area (Å²) in [6.45, 7) is 2.86. The van der Waals surface area contributed by atoms with Crippen molar-refractivity contribution in [2.24, 2.45) is 0 Å². The Morgan fingerprint density at radius 2 is 1.96 bits per heavy atom. The van der Waals surface area contributed by atoms with Gasteiger partial charge in [-0.15, -0.1) is 0 Å². The van der Waals surface area contributed by atoms with E-state index >= 15 is 0 Å². The summed E-state index contributed by atoms with van der Waals surface area (Å²) in [6, 6.07) is 8.40. The van der Waals surface area contributed by atoms with Gasteiger partial charge in [0, 0.05) is 12.2 Å². The molecule has 1 N–H and O–H groups in total. The summed E-state index contributed by atoms with van der Waals surface area (Å²) in [7, 11) is 0. The molecule has 3 aromatic rings. The molecular formula is C18H18F3N5O. The Balaban J connectivity index is 1.67. The van der Waals surface area contributed by atoms with Crippen molar-refractivity contribution in [1.29, 1.82) is 0 Å². The van der Waals surface area contributed by atoms with Crippen LogP contribution in [0.2, 0.25) is 0 Å². The fraction of sp³-hybridized carbons (Fsp3) is 0.278. The number of halogens is 3. The number of hydrogen-bond acceptors (Lipinski definition) is 5. The number of aromatic nitrogens is 4. The molecular weight excluding hydrogens is 359 g/mol. The van der Waals surface area contributed by atoms with E-state index in [0.717, 1.165) is 17.0 Å². The summed E-state index contributed by atoms with van der Waals surface area (Å²) < 4.78 is 43.2. The maximum atomic E-state index is 12.3. The summed E-state index contributed by atoms with van der Waals surface area (Å²) in [5.41, 5.74) is 2.57. The molecule has 6 nitrogen and oxygen atoms in total. The van der Waals surface area contributed by atoms with Gasteiger partial charge in [0.1, 0.15) is 11.6 Å². The molecule has 0 amide bonds. The molecule has 0 unspecified atom stereocenters. The Hall–Kier alpha value is -3.10. The molecule has 27 heavy (non-hydrogen) atoms. The van der Waals surface area contributed by atoms with Crippen LogP contribution in [-0.2, 0) is 6.54 Å². The number of nitrogens with one attached hydrogen (secondary N) is 1. The fourth-order valence-corrected chi connectivity index (χ4v) is 2.51. The van der Waals surface area contributed by atoms with E-state index in [4.69, 9.17) is 4.74 Å². The number of hydrogen-bond donors (Lipinski definition) is 1. The molecule has 0 radical (unpaired) electrons. The first-order valence-corrected chi connectivity index (χ1v) is 8.18. The van der Waals surface area contributed by atoms with Gasteiger partial charge in [-0.2, -0.15) is 18.3 Å². The maximum absolute atomic E-state index is 12.3. The third kappa shape index (κ3) is 5.19. The minimum absolute atomic E-state index is 0.161. The third-order valence-electron chi connectivity index (χ3n) is 3.62. The van der Waals surface area contributed by atoms with E-state index in [1.807, 2.05) is 19.9 Å². The number of alkyl halides is 3. The van der Waals surface area contributed by atoms with Gasteiger partial charge in [-0.1, -0.05) is 12.1 Å². The first-order valence-electron chi connectivity index (χ1n) is 8.18. The molecule has 0 aliphatic heterocycles. The van der Waals surface area contributed by atoms with Crippen molar-refractivity contribution in [3.8, 4) is 11.6 Å². The number of ether oxygens (including phenoxy) is 1. The van der Waals surface area contributed by atoms with Crippen LogP contribution in [0.25, 0.3) is 5.82 Å². The molecule has 1 aromatic carbocycles. The number of aryl methyl sites for hydroxylation is 2. The molecule has 0 aliphatic carbocycles. The van der Waals surface area contributed by atoms with Gasteiger partial charge in [0.2, 0.25) is 0 Å². The predicted molar refractivity (Wildman–Crippen MR) is 93.9 cm³/mol. The third-order valence-corrected chi connectivity index (χ3v) is 3.62. The van der Waals surface area contributed by atoms with Crippen LogP contribution in [0.1, 0.15) is 17.0 Å². The highest BCUT2D eigenvalue weighted by Crippen LogP contribution is 2.20. The monoisotopic (exact) mass is 377 g/mol. The van der Waals surface area contributed by atoms with Gasteiger partial charge in [0.15, 0.2) is 12.4 Å². The largest absolute Gasteiger partial charge is 0.484 e. The first kappa shape index (κ1) is 18.7. The second-order valence-electron chi connectivity index (χ2n) is 6.01. The van der Waals surface area contributed by atoms with Gasteiger partial charge in [-0.05, 0) is 37.6 Å². The lowest BCUT2D eigenvalue weighted by molar-refractivity contribution is -0.153. The van der Waals surface area contributed by atoms with Crippen molar-refractivity contribution < 1.29 is 17.9 Å². The fourth-order valence-electron chi connectivity index (χ4n) is 2.51. The smallest absolute Gasteiger partial charge is 0.422 e. The van der Waals surface area contributed by atoms with Crippen molar-refractivity contribution in [2.75, 3.05) is 11.9 Å². The van der Waals surface area contributed by atoms with Crippen molar-refractivity contribution in [2.45, 2.75) is 26.6 Å². The number of rotatable bonds is 6. The minimum Gasteiger partial charge on any atom is -0.484 e. The second kappa shape index (κ2) is 7.65. The lowest BCUT2D eigenvalue weighted by Crippen LogP contribution is -2.19. The minimum atomic E-state index is -4.37. The van der Waals surface area contributed by atoms with Crippen molar-refractivity contribution in [1.82, 2.24) is 19.7 Å². The number of benzene rings is 1. The molecule has 3 rings (SSSR count). The van der Waals surface area contributed by atoms with Crippen LogP contribution in [0.3, 0.4) is 0 Å². The number of nitrogens with zero attached hydrogens (tertiary/aromatic N) is 4. The SMILES string of the molecule is Cc1cc(C)n(-c2cncc(NCc3cccc(OCC(F)(F)F)c3)n2)n1. The van der Waals surface area contributed by atoms with Crippen molar-refractivity contribution >= 4 is 5.82 Å². The topological polar surface area (TPSA) is 64.9 Å². The first-order chi connectivity index (χ1) is 12.8. The zero-order chi connectivity index (χ0) is 19.4. The molecule has 0 bridgehead atoms. The highest BCUT2D eigenvalue weighted by molar-refractivity contribution is 5.38. The molecule has 9 heteroatoms. The van der Waals surface area contributed by atoms with Crippen LogP contribution in [0.5, 0.6) is 5.75 Å². The lowest BCUT2D eigenvalue weighted by atomic mass is 10.2. The van der Waals surface area contributed by atoms with Gasteiger partial charge in [-0.25, -0.2) is 9.67 Å². The van der Waals surface area contributed by atoms with E-state index in [2.05, 4.69) is 20.4 Å². The van der Waals surface area contributed by atoms with Gasteiger partial charge in [-0.3, -0.25) is 4.98 Å². The predicted octanol–water partition coefficient (Wildman–Crippen LogP) is 3.83. The number of anilines is 1. The van der Waals surface area contributed by atoms with Gasteiger partial charge >= 0.3 is 6.18 Å². The molecule has 0 spiro atoms. The Labute approximate surface area is 154 Å². The molecule has 0 aliphatic rings. The maximum Gasteiger partial charge on any atom is 0.422 e. The highest BCUT2D eigenvalue weighted by atomic mass is 19.4. The van der Waals surface area contributed by atoms with E-state index < -0.39 is 12.8 Å². The quantitative estimate of drug-likeness (QED) is 0.707. The van der Waals surface area contributed by atoms with E-state index in [1.54, 1.807) is 35.3 Å². The summed E-state index contributed by atoms with van der Waals surface area (Å²) in [5, 5.41) is 7.47. The van der Waals surface area contributed by atoms with Gasteiger partial charge in [0.25, 0.3) is 0 Å². The molecule has 0 saturated carbocycles. The normalized spacial score (nSPS) is 11.4. The van der Waals surface area contributed by atoms with Crippen molar-refractivity contribution in [3.63, 3.8) is 0 Å². The standard InChI is InChI=1S/C18H18F3N5O/c1-12-6-13(2)26(25-12)17-10-22-9-16(24-17)23-8-14-4-3-5-15(7-14)27-11-18(19,20)21/h3-7,9-10H,8,11H2,1-2H3,(H,23,24). The van der Waals surface area contributed by atoms with E-state index in [-0.39, 0.29) is 5.75 Å². The van der Waals surface area contributed by atoms with Crippen LogP contribution in [-0.4, -0.2) is 32.5 Å². The summed E-state index contributed by atoms with van der Waals surface area (Å²) in [5.74, 6) is 1.27. The Morgan fingerprint density at radius 3 is 2.67 bits per heavy atom. The summed E-state index contributed by atoms with van der Waals surface area (Å²) in [6.07, 6.45) is -1.19. The summed E-state index contributed by atoms with van der Waals surface area (Å²) >= 11 is 0. The average molecular weight is 377 g/mol. The van der Waals surface area contributed by atoms with Crippen molar-refractivity contribution in [3.05, 3.63) is 59.7 Å². The molecule has 2 heterocycles. The molecule has 0 fully saturated rings. The van der Waals surface area contributed by atoms with E-state index in [0.29, 0.717) is 18.2 Å². The van der Waals surface area contributed by atoms with Gasteiger partial charge in [0.05, 0.1) is 18.1 Å². The Morgan fingerprint density at radius 1 is 1.15 bits per heavy atom. The average Bonchev–Trinajstić information content (AvgIpc) is 2.97. The van der Waals surface area contributed by atoms with Crippen LogP contribution in [0.15, 0.2) is 42.7 Å². The van der Waals surface area contributed by atoms with Crippen LogP contribution >= 0.6 is 0 Å². The van der Waals surface area contributed by atoms with Gasteiger partial charge < -0.3 is 10.1 Å². The van der Waals surface area contributed by atoms with E-state index in [9.17, 15) is 13.2 Å². The summed E-state index contributed by atoms with van der Waals surface area (Å²) in [4.78, 5) is 8.63. The Bertz CT molecular complexity index is 923. The Kier molecular flexibility index (Phi) is 5.29. The zero-order valence-corrected chi connectivity index (χ0v) is 14.8. The van der Waals surface area contributed by atoms with Crippen LogP contribution in [0, 0.1) is 13.8 Å². The lowest BCUT2D eigenvalue weighted by Gasteiger charge is -2.11. The zero-order valence-electron chi connectivity index (χ0n) is 14.8. The molecule has 142 valence electrons. The second-order valence-corrected chi connectivity index (χ2v) is 6.01. The molecule has 2 aromatic heterocycles. The van der Waals surface area contributed by atoms with Crippen LogP contribution < -0.4 is 10.1 Å². The molecule has 0 atom stereocenters. The van der Waals surface area contributed by atoms with Crippen LogP contribution in [0.4, 0.5) is 19.0 Å². The molecule has 0 saturated heterocycles. The highest BCUT2D eigenvalue weighted by Gasteiger charge is 2.28. The van der Waals surface area contributed by atoms with E-state index in [1.165, 1.54) is 6.07 Å².